The summed E-state index contributed by atoms with van der Waals surface area (Å²) in [5.41, 5.74) is 0. The van der Waals surface area contributed by atoms with Crippen molar-refractivity contribution in [2.75, 3.05) is 5.75 Å². The van der Waals surface area contributed by atoms with Gasteiger partial charge >= 0.3 is 0 Å². The Morgan fingerprint density at radius 1 is 1.50 bits per heavy atom. The van der Waals surface area contributed by atoms with Gasteiger partial charge in [0.1, 0.15) is 0 Å². The van der Waals surface area contributed by atoms with Gasteiger partial charge in [0.25, 0.3) is 0 Å². The van der Waals surface area contributed by atoms with Gasteiger partial charge in [0.05, 0.1) is 5.25 Å². The van der Waals surface area contributed by atoms with Crippen LogP contribution < -0.4 is 0 Å². The maximum Gasteiger partial charge on any atom is 0.192 e. The third-order valence-corrected chi connectivity index (χ3v) is 2.76. The van der Waals surface area contributed by atoms with Crippen LogP contribution in [-0.2, 0) is 4.79 Å². The fraction of sp³-hybridized carbons (Fsp3) is 0.625. The lowest BCUT2D eigenvalue weighted by atomic mass is 10.2. The van der Waals surface area contributed by atoms with E-state index in [1.165, 1.54) is 18.6 Å². The van der Waals surface area contributed by atoms with E-state index in [4.69, 9.17) is 0 Å². The zero-order valence-corrected chi connectivity index (χ0v) is 6.62. The zero-order chi connectivity index (χ0) is 7.23. The van der Waals surface area contributed by atoms with Gasteiger partial charge in [-0.25, -0.2) is 0 Å². The highest BCUT2D eigenvalue weighted by Gasteiger charge is 2.09. The number of aldehydes is 1. The first kappa shape index (κ1) is 7.68. The van der Waals surface area contributed by atoms with Crippen LogP contribution in [0.1, 0.15) is 19.3 Å². The van der Waals surface area contributed by atoms with Gasteiger partial charge in [0.2, 0.25) is 0 Å². The molecule has 1 aliphatic rings. The fourth-order valence-corrected chi connectivity index (χ4v) is 2.12. The molecule has 1 heterocycles. The summed E-state index contributed by atoms with van der Waals surface area (Å²) in [6.45, 7) is 0. The third kappa shape index (κ3) is 2.45. The molecule has 0 saturated carbocycles. The highest BCUT2D eigenvalue weighted by atomic mass is 32.2. The molecule has 1 atom stereocenters. The van der Waals surface area contributed by atoms with E-state index in [2.05, 4.69) is 11.8 Å². The van der Waals surface area contributed by atoms with Crippen LogP contribution in [0.4, 0.5) is 0 Å². The van der Waals surface area contributed by atoms with Gasteiger partial charge in [-0.1, -0.05) is 12.3 Å². The number of carbonyl (C=O) groups is 1. The summed E-state index contributed by atoms with van der Waals surface area (Å²) in [6.07, 6.45) is 4.41. The average Bonchev–Trinajstić information content (AvgIpc) is 2.03. The maximum absolute atomic E-state index is 9.86. The van der Waals surface area contributed by atoms with E-state index < -0.39 is 0 Å². The normalized spacial score (nSPS) is 24.6. The summed E-state index contributed by atoms with van der Waals surface area (Å²) in [6, 6.07) is 0. The first-order valence-corrected chi connectivity index (χ1v) is 4.54. The Bertz CT molecular complexity index is 160. The summed E-state index contributed by atoms with van der Waals surface area (Å²) in [7, 11) is 0. The minimum absolute atomic E-state index is 0.430. The second-order valence-corrected chi connectivity index (χ2v) is 3.57. The molecule has 1 unspecified atom stereocenters. The number of rotatable bonds is 0. The molecule has 54 valence electrons. The van der Waals surface area contributed by atoms with E-state index in [9.17, 15) is 4.79 Å². The first-order valence-electron chi connectivity index (χ1n) is 3.50. The second-order valence-electron chi connectivity index (χ2n) is 2.26. The van der Waals surface area contributed by atoms with Crippen LogP contribution in [0.5, 0.6) is 0 Å². The van der Waals surface area contributed by atoms with Gasteiger partial charge in [-0.3, -0.25) is 4.79 Å². The zero-order valence-electron chi connectivity index (χ0n) is 5.80. The summed E-state index contributed by atoms with van der Waals surface area (Å²) in [5, 5.41) is 0.430. The van der Waals surface area contributed by atoms with Crippen LogP contribution in [0.3, 0.4) is 0 Å². The summed E-state index contributed by atoms with van der Waals surface area (Å²) < 4.78 is 0. The van der Waals surface area contributed by atoms with Gasteiger partial charge in [0.15, 0.2) is 6.29 Å². The molecule has 0 aromatic rings. The van der Waals surface area contributed by atoms with E-state index in [1.807, 2.05) is 11.8 Å². The van der Waals surface area contributed by atoms with Crippen molar-refractivity contribution in [3.8, 4) is 11.8 Å². The molecule has 10 heavy (non-hydrogen) atoms. The number of hydrogen-bond acceptors (Lipinski definition) is 2. The molecule has 1 aliphatic heterocycles. The monoisotopic (exact) mass is 154 g/mol. The maximum atomic E-state index is 9.86. The molecular formula is C8H10OS. The molecule has 0 N–H and O–H groups in total. The van der Waals surface area contributed by atoms with Crippen molar-refractivity contribution in [1.29, 1.82) is 0 Å². The topological polar surface area (TPSA) is 17.1 Å². The van der Waals surface area contributed by atoms with Gasteiger partial charge < -0.3 is 0 Å². The minimum Gasteiger partial charge on any atom is -0.289 e. The largest absolute Gasteiger partial charge is 0.289 e. The van der Waals surface area contributed by atoms with E-state index in [-0.39, 0.29) is 0 Å². The molecule has 0 radical (unpaired) electrons. The average molecular weight is 154 g/mol. The lowest BCUT2D eigenvalue weighted by molar-refractivity contribution is -0.103. The SMILES string of the molecule is O=CC#CC1CCCCS1. The van der Waals surface area contributed by atoms with Crippen molar-refractivity contribution in [2.45, 2.75) is 24.5 Å². The molecule has 0 aliphatic carbocycles. The Hall–Kier alpha value is -0.420. The smallest absolute Gasteiger partial charge is 0.192 e. The van der Waals surface area contributed by atoms with E-state index >= 15 is 0 Å². The Kier molecular flexibility index (Phi) is 3.38. The van der Waals surface area contributed by atoms with Crippen molar-refractivity contribution in [1.82, 2.24) is 0 Å². The number of thioether (sulfide) groups is 1. The van der Waals surface area contributed by atoms with Gasteiger partial charge in [0, 0.05) is 0 Å². The highest BCUT2D eigenvalue weighted by Crippen LogP contribution is 2.23. The van der Waals surface area contributed by atoms with Gasteiger partial charge in [-0.2, -0.15) is 0 Å². The predicted octanol–water partition coefficient (Wildman–Crippen LogP) is 1.47. The molecule has 1 rings (SSSR count). The summed E-state index contributed by atoms with van der Waals surface area (Å²) in [5.74, 6) is 6.59. The second kappa shape index (κ2) is 4.40. The third-order valence-electron chi connectivity index (χ3n) is 1.48. The molecule has 0 bridgehead atoms. The van der Waals surface area contributed by atoms with Crippen molar-refractivity contribution in [3.63, 3.8) is 0 Å². The fourth-order valence-electron chi connectivity index (χ4n) is 0.982. The van der Waals surface area contributed by atoms with Crippen LogP contribution >= 0.6 is 11.8 Å². The highest BCUT2D eigenvalue weighted by molar-refractivity contribution is 8.00. The quantitative estimate of drug-likeness (QED) is 0.388. The summed E-state index contributed by atoms with van der Waals surface area (Å²) >= 11 is 1.87. The van der Waals surface area contributed by atoms with Gasteiger partial charge in [-0.15, -0.1) is 11.8 Å². The first-order chi connectivity index (χ1) is 4.93. The standard InChI is InChI=1S/C8H10OS/c9-6-3-5-8-4-1-2-7-10-8/h6,8H,1-2,4,7H2. The Labute approximate surface area is 65.6 Å². The predicted molar refractivity (Wildman–Crippen MR) is 43.9 cm³/mol. The van der Waals surface area contributed by atoms with Crippen molar-refractivity contribution in [2.24, 2.45) is 0 Å². The molecule has 2 heteroatoms. The lowest BCUT2D eigenvalue weighted by Crippen LogP contribution is -2.06. The van der Waals surface area contributed by atoms with Crippen LogP contribution in [0.25, 0.3) is 0 Å². The molecular weight excluding hydrogens is 144 g/mol. The van der Waals surface area contributed by atoms with E-state index in [0.29, 0.717) is 11.5 Å². The Morgan fingerprint density at radius 2 is 2.40 bits per heavy atom. The molecule has 0 spiro atoms. The van der Waals surface area contributed by atoms with Crippen molar-refractivity contribution in [3.05, 3.63) is 0 Å². The van der Waals surface area contributed by atoms with Crippen LogP contribution in [0.15, 0.2) is 0 Å². The number of carbonyl (C=O) groups excluding carboxylic acids is 1. The van der Waals surface area contributed by atoms with Crippen LogP contribution in [0, 0.1) is 11.8 Å². The van der Waals surface area contributed by atoms with Gasteiger partial charge in [-0.05, 0) is 24.5 Å². The molecule has 0 aromatic heterocycles. The van der Waals surface area contributed by atoms with E-state index in [0.717, 1.165) is 6.42 Å². The minimum atomic E-state index is 0.430. The Morgan fingerprint density at radius 3 is 3.00 bits per heavy atom. The molecule has 1 nitrogen and oxygen atoms in total. The van der Waals surface area contributed by atoms with Crippen LogP contribution in [0.2, 0.25) is 0 Å². The molecule has 0 aromatic carbocycles. The molecule has 0 amide bonds. The lowest BCUT2D eigenvalue weighted by Gasteiger charge is -2.14. The molecule has 1 saturated heterocycles. The Balaban J connectivity index is 2.32. The van der Waals surface area contributed by atoms with Crippen molar-refractivity contribution < 1.29 is 4.79 Å². The van der Waals surface area contributed by atoms with Crippen LogP contribution in [-0.4, -0.2) is 17.3 Å². The van der Waals surface area contributed by atoms with Crippen molar-refractivity contribution >= 4 is 18.0 Å². The molecule has 1 fully saturated rings. The number of hydrogen-bond donors (Lipinski definition) is 0. The van der Waals surface area contributed by atoms with E-state index in [1.54, 1.807) is 0 Å². The summed E-state index contributed by atoms with van der Waals surface area (Å²) in [4.78, 5) is 9.86.